The van der Waals surface area contributed by atoms with E-state index in [1.54, 1.807) is 24.3 Å². The first-order valence-electron chi connectivity index (χ1n) is 9.78. The van der Waals surface area contributed by atoms with E-state index in [-0.39, 0.29) is 27.7 Å². The minimum atomic E-state index is -0.375. The molecule has 0 saturated carbocycles. The summed E-state index contributed by atoms with van der Waals surface area (Å²) in [5.41, 5.74) is 0.369. The van der Waals surface area contributed by atoms with Gasteiger partial charge < -0.3 is 4.79 Å². The summed E-state index contributed by atoms with van der Waals surface area (Å²) >= 11 is 0. The summed E-state index contributed by atoms with van der Waals surface area (Å²) in [5, 5.41) is 22.1. The molecule has 0 bridgehead atoms. The summed E-state index contributed by atoms with van der Waals surface area (Å²) in [6, 6.07) is 0. The van der Waals surface area contributed by atoms with E-state index in [0.717, 1.165) is 51.2 Å². The molecule has 0 aromatic carbocycles. The van der Waals surface area contributed by atoms with Crippen LogP contribution < -0.4 is 0 Å². The molecule has 0 radical (unpaired) electrons. The molecule has 0 aliphatic rings. The van der Waals surface area contributed by atoms with Gasteiger partial charge in [0.25, 0.3) is 0 Å². The lowest BCUT2D eigenvalue weighted by atomic mass is 10.1. The van der Waals surface area contributed by atoms with Gasteiger partial charge in [-0.2, -0.15) is 0 Å². The highest BCUT2D eigenvalue weighted by Crippen LogP contribution is 2.12. The molecule has 0 amide bonds. The predicted octanol–water partition coefficient (Wildman–Crippen LogP) is 5.76. The van der Waals surface area contributed by atoms with Crippen LogP contribution in [0.5, 0.6) is 0 Å². The van der Waals surface area contributed by atoms with Gasteiger partial charge in [-0.1, -0.05) is 44.8 Å². The van der Waals surface area contributed by atoms with Crippen molar-refractivity contribution in [2.24, 2.45) is 0 Å². The van der Waals surface area contributed by atoms with Crippen molar-refractivity contribution in [2.45, 2.75) is 84.0 Å². The maximum absolute atomic E-state index is 11.1. The van der Waals surface area contributed by atoms with Crippen molar-refractivity contribution in [3.8, 4) is 0 Å². The average Bonchev–Trinajstić information content (AvgIpc) is 2.63. The van der Waals surface area contributed by atoms with Crippen molar-refractivity contribution >= 4 is 6.29 Å². The lowest BCUT2D eigenvalue weighted by molar-refractivity contribution is -0.428. The predicted molar refractivity (Wildman–Crippen MR) is 106 cm³/mol. The summed E-state index contributed by atoms with van der Waals surface area (Å²) in [6.07, 6.45) is 16.3. The van der Waals surface area contributed by atoms with E-state index >= 15 is 0 Å². The van der Waals surface area contributed by atoms with Gasteiger partial charge in [0.05, 0.1) is 16.3 Å². The molecule has 0 fully saturated rings. The molecule has 0 unspecified atom stereocenters. The van der Waals surface area contributed by atoms with Crippen molar-refractivity contribution in [2.75, 3.05) is 0 Å². The number of aldehydes is 1. The van der Waals surface area contributed by atoms with Crippen molar-refractivity contribution in [1.82, 2.24) is 0 Å². The Kier molecular flexibility index (Phi) is 15.7. The number of rotatable bonds is 17. The van der Waals surface area contributed by atoms with Crippen LogP contribution in [0.15, 0.2) is 35.7 Å². The maximum atomic E-state index is 11.1. The van der Waals surface area contributed by atoms with Crippen LogP contribution >= 0.6 is 0 Å². The van der Waals surface area contributed by atoms with Gasteiger partial charge in [0, 0.05) is 12.8 Å². The third-order valence-corrected chi connectivity index (χ3v) is 4.14. The van der Waals surface area contributed by atoms with Crippen molar-refractivity contribution < 1.29 is 14.6 Å². The molecular formula is C20H32N2O5. The van der Waals surface area contributed by atoms with Gasteiger partial charge >= 0.3 is 0 Å². The Balaban J connectivity index is 4.32. The standard InChI is InChI=1S/C20H32N2O5/c1-2-3-9-14-19(21(24)25)16-11-8-12-17-20(22(26)27)15-10-6-4-5-7-13-18-23/h8,12,15-16,18H,2-7,9-11,13-14,17H2,1H3/b12-8+,19-16-,20-15-. The lowest BCUT2D eigenvalue weighted by Gasteiger charge is -1.98. The van der Waals surface area contributed by atoms with E-state index in [9.17, 15) is 25.0 Å². The minimum absolute atomic E-state index is 0.153. The van der Waals surface area contributed by atoms with Gasteiger partial charge in [0.2, 0.25) is 11.4 Å². The third-order valence-electron chi connectivity index (χ3n) is 4.14. The number of carbonyl (C=O) groups excluding carboxylic acids is 1. The zero-order valence-electron chi connectivity index (χ0n) is 16.3. The van der Waals surface area contributed by atoms with Crippen molar-refractivity contribution in [1.29, 1.82) is 0 Å². The molecule has 0 aliphatic carbocycles. The first-order chi connectivity index (χ1) is 13.0. The van der Waals surface area contributed by atoms with E-state index < -0.39 is 0 Å². The zero-order chi connectivity index (χ0) is 20.3. The molecule has 7 heteroatoms. The highest BCUT2D eigenvalue weighted by atomic mass is 16.6. The maximum Gasteiger partial charge on any atom is 0.246 e. The number of unbranched alkanes of at least 4 members (excludes halogenated alkanes) is 7. The third kappa shape index (κ3) is 14.5. The number of hydrogen-bond donors (Lipinski definition) is 0. The van der Waals surface area contributed by atoms with Gasteiger partial charge in [-0.05, 0) is 44.3 Å². The molecule has 0 saturated heterocycles. The SMILES string of the molecule is CCCCC/C(=C/C/C=C/C/C(=C/CCCCCCC=O)[N+](=O)[O-])[N+](=O)[O-]. The molecule has 0 N–H and O–H groups in total. The van der Waals surface area contributed by atoms with Gasteiger partial charge in [-0.3, -0.25) is 20.2 Å². The number of nitrogens with zero attached hydrogens (tertiary/aromatic N) is 2. The molecule has 0 atom stereocenters. The fraction of sp³-hybridized carbons (Fsp3) is 0.650. The summed E-state index contributed by atoms with van der Waals surface area (Å²) in [7, 11) is 0. The number of allylic oxidation sites excluding steroid dienone is 5. The number of hydrogen-bond acceptors (Lipinski definition) is 5. The smallest absolute Gasteiger partial charge is 0.246 e. The second kappa shape index (κ2) is 17.1. The van der Waals surface area contributed by atoms with E-state index in [1.165, 1.54) is 0 Å². The second-order valence-electron chi connectivity index (χ2n) is 6.43. The number of nitro groups is 2. The second-order valence-corrected chi connectivity index (χ2v) is 6.43. The molecule has 0 heterocycles. The Morgan fingerprint density at radius 1 is 0.815 bits per heavy atom. The minimum Gasteiger partial charge on any atom is -0.303 e. The number of carbonyl (C=O) groups is 1. The van der Waals surface area contributed by atoms with Gasteiger partial charge in [0.15, 0.2) is 0 Å². The monoisotopic (exact) mass is 380 g/mol. The molecule has 152 valence electrons. The Bertz CT molecular complexity index is 538. The van der Waals surface area contributed by atoms with Crippen LogP contribution in [0.3, 0.4) is 0 Å². The summed E-state index contributed by atoms with van der Waals surface area (Å²) in [4.78, 5) is 31.5. The fourth-order valence-corrected chi connectivity index (χ4v) is 2.56. The van der Waals surface area contributed by atoms with Crippen LogP contribution in [0.25, 0.3) is 0 Å². The highest BCUT2D eigenvalue weighted by Gasteiger charge is 2.09. The van der Waals surface area contributed by atoms with Crippen LogP contribution in [-0.4, -0.2) is 16.1 Å². The van der Waals surface area contributed by atoms with E-state index in [0.29, 0.717) is 25.7 Å². The molecule has 0 aromatic heterocycles. The van der Waals surface area contributed by atoms with Crippen LogP contribution in [0.2, 0.25) is 0 Å². The molecule has 0 aromatic rings. The largest absolute Gasteiger partial charge is 0.303 e. The lowest BCUT2D eigenvalue weighted by Crippen LogP contribution is -1.99. The van der Waals surface area contributed by atoms with Crippen molar-refractivity contribution in [3.05, 3.63) is 55.9 Å². The average molecular weight is 380 g/mol. The molecule has 0 spiro atoms. The van der Waals surface area contributed by atoms with E-state index in [4.69, 9.17) is 0 Å². The Morgan fingerprint density at radius 2 is 1.48 bits per heavy atom. The first kappa shape index (κ1) is 24.7. The summed E-state index contributed by atoms with van der Waals surface area (Å²) in [6.45, 7) is 2.05. The first-order valence-corrected chi connectivity index (χ1v) is 9.78. The quantitative estimate of drug-likeness (QED) is 0.105. The fourth-order valence-electron chi connectivity index (χ4n) is 2.56. The Hall–Kier alpha value is -2.31. The zero-order valence-corrected chi connectivity index (χ0v) is 16.3. The van der Waals surface area contributed by atoms with Crippen LogP contribution in [0.1, 0.15) is 84.0 Å². The van der Waals surface area contributed by atoms with Crippen LogP contribution in [0.4, 0.5) is 0 Å². The van der Waals surface area contributed by atoms with E-state index in [2.05, 4.69) is 0 Å². The van der Waals surface area contributed by atoms with E-state index in [1.807, 2.05) is 6.92 Å². The molecule has 7 nitrogen and oxygen atoms in total. The Labute approximate surface area is 161 Å². The summed E-state index contributed by atoms with van der Waals surface area (Å²) < 4.78 is 0. The van der Waals surface area contributed by atoms with Gasteiger partial charge in [0.1, 0.15) is 6.29 Å². The van der Waals surface area contributed by atoms with Crippen LogP contribution in [-0.2, 0) is 4.79 Å². The van der Waals surface area contributed by atoms with Gasteiger partial charge in [-0.15, -0.1) is 0 Å². The Morgan fingerprint density at radius 3 is 2.07 bits per heavy atom. The normalized spacial score (nSPS) is 12.5. The topological polar surface area (TPSA) is 103 Å². The molecule has 0 rings (SSSR count). The molecular weight excluding hydrogens is 348 g/mol. The molecule has 0 aliphatic heterocycles. The van der Waals surface area contributed by atoms with Crippen LogP contribution in [0, 0.1) is 20.2 Å². The highest BCUT2D eigenvalue weighted by molar-refractivity contribution is 5.48. The van der Waals surface area contributed by atoms with Crippen molar-refractivity contribution in [3.63, 3.8) is 0 Å². The molecule has 27 heavy (non-hydrogen) atoms. The van der Waals surface area contributed by atoms with Gasteiger partial charge in [-0.25, -0.2) is 0 Å². The summed E-state index contributed by atoms with van der Waals surface area (Å²) in [5.74, 6) is 0.